The number of benzene rings is 2. The molecule has 0 aliphatic rings. The van der Waals surface area contributed by atoms with Crippen molar-refractivity contribution >= 4 is 38.2 Å². The van der Waals surface area contributed by atoms with E-state index < -0.39 is 0 Å². The molecule has 8 heteroatoms. The molecule has 0 bridgehead atoms. The molecule has 7 nitrogen and oxygen atoms in total. The maximum absolute atomic E-state index is 5.82. The van der Waals surface area contributed by atoms with Gasteiger partial charge >= 0.3 is 0 Å². The number of aryl methyl sites for hydroxylation is 1. The summed E-state index contributed by atoms with van der Waals surface area (Å²) in [5, 5.41) is 6.45. The van der Waals surface area contributed by atoms with Gasteiger partial charge < -0.3 is 4.74 Å². The summed E-state index contributed by atoms with van der Waals surface area (Å²) in [6.07, 6.45) is 1.71. The van der Waals surface area contributed by atoms with E-state index in [9.17, 15) is 0 Å². The van der Waals surface area contributed by atoms with E-state index in [-0.39, 0.29) is 0 Å². The summed E-state index contributed by atoms with van der Waals surface area (Å²) in [7, 11) is 0. The maximum atomic E-state index is 5.82. The molecule has 152 valence electrons. The van der Waals surface area contributed by atoms with Crippen LogP contribution in [0.5, 0.6) is 5.75 Å². The Morgan fingerprint density at radius 2 is 1.74 bits per heavy atom. The Kier molecular flexibility index (Phi) is 4.00. The number of thiazole rings is 1. The third-order valence-electron chi connectivity index (χ3n) is 5.46. The van der Waals surface area contributed by atoms with Gasteiger partial charge in [0, 0.05) is 5.69 Å². The lowest BCUT2D eigenvalue weighted by Crippen LogP contribution is -1.99. The number of rotatable bonds is 4. The minimum absolute atomic E-state index is 0.295. The van der Waals surface area contributed by atoms with Gasteiger partial charge in [0.1, 0.15) is 18.7 Å². The average molecular weight is 427 g/mol. The highest BCUT2D eigenvalue weighted by atomic mass is 32.1. The normalized spacial score (nSPS) is 11.7. The Bertz CT molecular complexity index is 1530. The molecule has 0 unspecified atom stereocenters. The predicted octanol–water partition coefficient (Wildman–Crippen LogP) is 4.87. The molecule has 0 amide bonds. The lowest BCUT2D eigenvalue weighted by Gasteiger charge is -2.02. The van der Waals surface area contributed by atoms with Gasteiger partial charge in [0.05, 0.1) is 15.6 Å². The smallest absolute Gasteiger partial charge is 0.196 e. The Labute approximate surface area is 181 Å². The van der Waals surface area contributed by atoms with Crippen LogP contribution in [0.25, 0.3) is 32.0 Å². The molecule has 6 aromatic rings. The van der Waals surface area contributed by atoms with Crippen LogP contribution in [-0.4, -0.2) is 29.1 Å². The first-order valence-electron chi connectivity index (χ1n) is 9.95. The van der Waals surface area contributed by atoms with Crippen molar-refractivity contribution in [2.75, 3.05) is 0 Å². The quantitative estimate of drug-likeness (QED) is 0.402. The Morgan fingerprint density at radius 3 is 2.58 bits per heavy atom. The Balaban J connectivity index is 1.47. The number of nitrogens with zero attached hydrogens (tertiary/aromatic N) is 6. The fraction of sp³-hybridized carbons (Fsp3) is 0.130. The van der Waals surface area contributed by atoms with Gasteiger partial charge in [0.15, 0.2) is 22.3 Å². The van der Waals surface area contributed by atoms with Crippen LogP contribution < -0.4 is 4.74 Å². The second-order valence-corrected chi connectivity index (χ2v) is 8.36. The average Bonchev–Trinajstić information content (AvgIpc) is 3.47. The van der Waals surface area contributed by atoms with E-state index in [1.54, 1.807) is 22.2 Å². The second-order valence-electron chi connectivity index (χ2n) is 7.35. The first kappa shape index (κ1) is 18.0. The van der Waals surface area contributed by atoms with Crippen LogP contribution in [0.2, 0.25) is 0 Å². The number of aromatic nitrogens is 6. The Morgan fingerprint density at radius 1 is 0.935 bits per heavy atom. The van der Waals surface area contributed by atoms with E-state index in [1.807, 2.05) is 48.5 Å². The van der Waals surface area contributed by atoms with Crippen molar-refractivity contribution in [3.63, 3.8) is 0 Å². The highest BCUT2D eigenvalue weighted by Gasteiger charge is 2.20. The molecule has 2 aromatic carbocycles. The van der Waals surface area contributed by atoms with Crippen molar-refractivity contribution < 1.29 is 4.74 Å². The standard InChI is InChI=1S/C23H18N6OS/c1-14-15(2)29(23-25-17-10-6-7-11-18(17)31-23)21-20(14)22-26-19(27-28(22)13-24-21)12-30-16-8-4-3-5-9-16/h3-11,13H,12H2,1-2H3. The number of ether oxygens (including phenoxy) is 1. The second kappa shape index (κ2) is 6.88. The topological polar surface area (TPSA) is 70.1 Å². The molecule has 6 rings (SSSR count). The summed E-state index contributed by atoms with van der Waals surface area (Å²) in [5.74, 6) is 1.40. The third-order valence-corrected chi connectivity index (χ3v) is 6.48. The van der Waals surface area contributed by atoms with Gasteiger partial charge in [-0.25, -0.2) is 19.5 Å². The highest BCUT2D eigenvalue weighted by molar-refractivity contribution is 7.20. The van der Waals surface area contributed by atoms with Crippen LogP contribution in [0.4, 0.5) is 0 Å². The highest BCUT2D eigenvalue weighted by Crippen LogP contribution is 2.33. The molecule has 0 radical (unpaired) electrons. The van der Waals surface area contributed by atoms with Crippen LogP contribution in [0.3, 0.4) is 0 Å². The molecule has 0 aliphatic heterocycles. The summed E-state index contributed by atoms with van der Waals surface area (Å²) in [5.41, 5.74) is 4.82. The van der Waals surface area contributed by atoms with Gasteiger partial charge in [-0.15, -0.1) is 5.10 Å². The zero-order valence-corrected chi connectivity index (χ0v) is 17.8. The van der Waals surface area contributed by atoms with Gasteiger partial charge in [-0.1, -0.05) is 41.7 Å². The zero-order valence-electron chi connectivity index (χ0n) is 17.0. The molecule has 4 heterocycles. The molecule has 31 heavy (non-hydrogen) atoms. The van der Waals surface area contributed by atoms with Gasteiger partial charge in [0.25, 0.3) is 0 Å². The molecule has 4 aromatic heterocycles. The van der Waals surface area contributed by atoms with E-state index in [0.717, 1.165) is 49.0 Å². The first-order valence-corrected chi connectivity index (χ1v) is 10.8. The zero-order chi connectivity index (χ0) is 20.9. The van der Waals surface area contributed by atoms with E-state index in [2.05, 4.69) is 29.6 Å². The van der Waals surface area contributed by atoms with Crippen LogP contribution in [0.15, 0.2) is 60.9 Å². The summed E-state index contributed by atoms with van der Waals surface area (Å²) >= 11 is 1.66. The van der Waals surface area contributed by atoms with Crippen molar-refractivity contribution in [3.05, 3.63) is 78.0 Å². The fourth-order valence-corrected chi connectivity index (χ4v) is 4.84. The van der Waals surface area contributed by atoms with Crippen molar-refractivity contribution in [2.24, 2.45) is 0 Å². The number of para-hydroxylation sites is 2. The first-order chi connectivity index (χ1) is 15.2. The Hall–Kier alpha value is -3.78. The molecular formula is C23H18N6OS. The molecular weight excluding hydrogens is 408 g/mol. The van der Waals surface area contributed by atoms with Crippen LogP contribution in [0.1, 0.15) is 17.1 Å². The number of fused-ring (bicyclic) bond motifs is 4. The van der Waals surface area contributed by atoms with E-state index in [4.69, 9.17) is 19.7 Å². The molecule has 0 atom stereocenters. The van der Waals surface area contributed by atoms with Crippen molar-refractivity contribution in [1.82, 2.24) is 29.1 Å². The SMILES string of the molecule is Cc1c(C)n(-c2nc3ccccc3s2)c2ncn3nc(COc4ccccc4)nc3c12. The van der Waals surface area contributed by atoms with Crippen LogP contribution in [-0.2, 0) is 6.61 Å². The monoisotopic (exact) mass is 426 g/mol. The molecule has 0 fully saturated rings. The van der Waals surface area contributed by atoms with Gasteiger partial charge in [0.2, 0.25) is 0 Å². The molecule has 0 saturated carbocycles. The fourth-order valence-electron chi connectivity index (χ4n) is 3.82. The number of hydrogen-bond acceptors (Lipinski definition) is 6. The van der Waals surface area contributed by atoms with Crippen molar-refractivity contribution in [1.29, 1.82) is 0 Å². The molecule has 0 saturated heterocycles. The maximum Gasteiger partial charge on any atom is 0.196 e. The lowest BCUT2D eigenvalue weighted by molar-refractivity contribution is 0.296. The van der Waals surface area contributed by atoms with Crippen LogP contribution in [0, 0.1) is 13.8 Å². The molecule has 0 spiro atoms. The minimum atomic E-state index is 0.295. The van der Waals surface area contributed by atoms with Gasteiger partial charge in [-0.2, -0.15) is 0 Å². The summed E-state index contributed by atoms with van der Waals surface area (Å²) in [6.45, 7) is 4.48. The summed E-state index contributed by atoms with van der Waals surface area (Å²) in [4.78, 5) is 14.3. The van der Waals surface area contributed by atoms with Crippen LogP contribution >= 0.6 is 11.3 Å². The largest absolute Gasteiger partial charge is 0.486 e. The van der Waals surface area contributed by atoms with Crippen molar-refractivity contribution in [2.45, 2.75) is 20.5 Å². The summed E-state index contributed by atoms with van der Waals surface area (Å²) < 4.78 is 10.8. The number of hydrogen-bond donors (Lipinski definition) is 0. The van der Waals surface area contributed by atoms with Gasteiger partial charge in [-0.3, -0.25) is 4.57 Å². The lowest BCUT2D eigenvalue weighted by atomic mass is 10.2. The molecule has 0 aliphatic carbocycles. The third kappa shape index (κ3) is 2.87. The minimum Gasteiger partial charge on any atom is -0.486 e. The van der Waals surface area contributed by atoms with E-state index >= 15 is 0 Å². The van der Waals surface area contributed by atoms with E-state index in [1.165, 1.54) is 0 Å². The van der Waals surface area contributed by atoms with Gasteiger partial charge in [-0.05, 0) is 43.7 Å². The van der Waals surface area contributed by atoms with E-state index in [0.29, 0.717) is 12.4 Å². The summed E-state index contributed by atoms with van der Waals surface area (Å²) in [6, 6.07) is 17.8. The predicted molar refractivity (Wildman–Crippen MR) is 121 cm³/mol. The molecule has 0 N–H and O–H groups in total. The van der Waals surface area contributed by atoms with Crippen molar-refractivity contribution in [3.8, 4) is 10.9 Å².